The Morgan fingerprint density at radius 2 is 1.86 bits per heavy atom. The summed E-state index contributed by atoms with van der Waals surface area (Å²) >= 11 is 0. The van der Waals surface area contributed by atoms with Crippen molar-refractivity contribution in [1.82, 2.24) is 10.2 Å². The normalized spacial score (nSPS) is 27.9. The van der Waals surface area contributed by atoms with Crippen LogP contribution in [-0.4, -0.2) is 46.4 Å². The van der Waals surface area contributed by atoms with Crippen molar-refractivity contribution in [3.63, 3.8) is 0 Å². The topological polar surface area (TPSA) is 86.7 Å². The van der Waals surface area contributed by atoms with Crippen LogP contribution in [0, 0.1) is 11.8 Å². The molecule has 0 aromatic heterocycles. The summed E-state index contributed by atoms with van der Waals surface area (Å²) in [6, 6.07) is -0.498. The Balaban J connectivity index is 1.58. The summed E-state index contributed by atoms with van der Waals surface area (Å²) in [6.07, 6.45) is 6.28. The number of carbonyl (C=O) groups excluding carboxylic acids is 2. The standard InChI is InChI=1S/C15H22N2O4/c18-12-7-10(8-17(12)11-3-1-2-4-11)14(19)16-13(15(20)21)9-5-6-9/h9-11,13H,1-8H2,(H,16,19)(H,20,21). The molecule has 3 rings (SSSR count). The second kappa shape index (κ2) is 5.66. The molecular weight excluding hydrogens is 272 g/mol. The molecule has 0 radical (unpaired) electrons. The quantitative estimate of drug-likeness (QED) is 0.783. The Bertz CT molecular complexity index is 455. The average molecular weight is 294 g/mol. The van der Waals surface area contributed by atoms with Gasteiger partial charge in [0.2, 0.25) is 11.8 Å². The van der Waals surface area contributed by atoms with E-state index in [1.807, 2.05) is 4.90 Å². The molecule has 2 unspecified atom stereocenters. The van der Waals surface area contributed by atoms with Gasteiger partial charge in [-0.05, 0) is 31.6 Å². The summed E-state index contributed by atoms with van der Waals surface area (Å²) in [7, 11) is 0. The molecule has 2 atom stereocenters. The third kappa shape index (κ3) is 3.04. The van der Waals surface area contributed by atoms with E-state index in [1.54, 1.807) is 0 Å². The van der Waals surface area contributed by atoms with Gasteiger partial charge >= 0.3 is 5.97 Å². The maximum Gasteiger partial charge on any atom is 0.326 e. The lowest BCUT2D eigenvalue weighted by Crippen LogP contribution is -2.45. The number of carbonyl (C=O) groups is 3. The first-order valence-corrected chi connectivity index (χ1v) is 7.89. The second-order valence-electron chi connectivity index (χ2n) is 6.55. The van der Waals surface area contributed by atoms with Gasteiger partial charge in [0.25, 0.3) is 0 Å². The Labute approximate surface area is 123 Å². The zero-order valence-electron chi connectivity index (χ0n) is 12.1. The predicted molar refractivity (Wildman–Crippen MR) is 74.4 cm³/mol. The van der Waals surface area contributed by atoms with Crippen LogP contribution < -0.4 is 5.32 Å². The van der Waals surface area contributed by atoms with E-state index in [9.17, 15) is 14.4 Å². The van der Waals surface area contributed by atoms with Gasteiger partial charge in [0.05, 0.1) is 5.92 Å². The molecule has 2 N–H and O–H groups in total. The monoisotopic (exact) mass is 294 g/mol. The molecule has 3 fully saturated rings. The molecule has 1 heterocycles. The van der Waals surface area contributed by atoms with E-state index in [0.29, 0.717) is 6.54 Å². The van der Waals surface area contributed by atoms with Crippen LogP contribution in [0.1, 0.15) is 44.9 Å². The Morgan fingerprint density at radius 1 is 1.19 bits per heavy atom. The van der Waals surface area contributed by atoms with Gasteiger partial charge in [0.15, 0.2) is 0 Å². The van der Waals surface area contributed by atoms with Crippen molar-refractivity contribution in [2.45, 2.75) is 57.0 Å². The van der Waals surface area contributed by atoms with Gasteiger partial charge < -0.3 is 15.3 Å². The van der Waals surface area contributed by atoms with E-state index < -0.39 is 17.9 Å². The fraction of sp³-hybridized carbons (Fsp3) is 0.800. The fourth-order valence-corrected chi connectivity index (χ4v) is 3.56. The van der Waals surface area contributed by atoms with Crippen molar-refractivity contribution < 1.29 is 19.5 Å². The van der Waals surface area contributed by atoms with Gasteiger partial charge in [0.1, 0.15) is 6.04 Å². The molecule has 21 heavy (non-hydrogen) atoms. The molecule has 2 amide bonds. The molecule has 2 aliphatic carbocycles. The van der Waals surface area contributed by atoms with Crippen LogP contribution in [0.5, 0.6) is 0 Å². The van der Waals surface area contributed by atoms with Crippen LogP contribution >= 0.6 is 0 Å². The van der Waals surface area contributed by atoms with E-state index in [-0.39, 0.29) is 30.2 Å². The van der Waals surface area contributed by atoms with Gasteiger partial charge in [-0.2, -0.15) is 0 Å². The number of hydrogen-bond acceptors (Lipinski definition) is 3. The second-order valence-corrected chi connectivity index (χ2v) is 6.55. The highest BCUT2D eigenvalue weighted by Crippen LogP contribution is 2.33. The maximum absolute atomic E-state index is 12.2. The van der Waals surface area contributed by atoms with E-state index in [4.69, 9.17) is 5.11 Å². The largest absolute Gasteiger partial charge is 0.480 e. The third-order valence-electron chi connectivity index (χ3n) is 4.95. The van der Waals surface area contributed by atoms with E-state index >= 15 is 0 Å². The zero-order valence-corrected chi connectivity index (χ0v) is 12.1. The van der Waals surface area contributed by atoms with Crippen LogP contribution in [0.3, 0.4) is 0 Å². The average Bonchev–Trinajstić information content (AvgIpc) is 2.97. The Kier molecular flexibility index (Phi) is 3.87. The molecule has 0 spiro atoms. The number of amides is 2. The van der Waals surface area contributed by atoms with Crippen LogP contribution in [0.2, 0.25) is 0 Å². The smallest absolute Gasteiger partial charge is 0.326 e. The predicted octanol–water partition coefficient (Wildman–Crippen LogP) is 0.757. The van der Waals surface area contributed by atoms with E-state index in [1.165, 1.54) is 0 Å². The third-order valence-corrected chi connectivity index (χ3v) is 4.95. The summed E-state index contributed by atoms with van der Waals surface area (Å²) in [5.41, 5.74) is 0. The highest BCUT2D eigenvalue weighted by Gasteiger charge is 2.42. The van der Waals surface area contributed by atoms with Gasteiger partial charge in [0, 0.05) is 19.0 Å². The number of hydrogen-bond donors (Lipinski definition) is 2. The van der Waals surface area contributed by atoms with Crippen molar-refractivity contribution in [2.24, 2.45) is 11.8 Å². The van der Waals surface area contributed by atoms with Gasteiger partial charge in [-0.15, -0.1) is 0 Å². The van der Waals surface area contributed by atoms with Crippen molar-refractivity contribution in [2.75, 3.05) is 6.54 Å². The number of likely N-dealkylation sites (tertiary alicyclic amines) is 1. The lowest BCUT2D eigenvalue weighted by Gasteiger charge is -2.24. The summed E-state index contributed by atoms with van der Waals surface area (Å²) in [4.78, 5) is 37.3. The van der Waals surface area contributed by atoms with Crippen molar-refractivity contribution in [1.29, 1.82) is 0 Å². The molecule has 0 aromatic carbocycles. The van der Waals surface area contributed by atoms with Crippen molar-refractivity contribution in [3.05, 3.63) is 0 Å². The molecule has 1 aliphatic heterocycles. The first-order valence-electron chi connectivity index (χ1n) is 7.89. The lowest BCUT2D eigenvalue weighted by atomic mass is 10.1. The van der Waals surface area contributed by atoms with Crippen LogP contribution in [-0.2, 0) is 14.4 Å². The molecule has 6 heteroatoms. The van der Waals surface area contributed by atoms with E-state index in [0.717, 1.165) is 38.5 Å². The number of nitrogens with one attached hydrogen (secondary N) is 1. The lowest BCUT2D eigenvalue weighted by molar-refractivity contribution is -0.143. The van der Waals surface area contributed by atoms with Crippen molar-refractivity contribution >= 4 is 17.8 Å². The number of rotatable bonds is 5. The van der Waals surface area contributed by atoms with Gasteiger partial charge in [-0.1, -0.05) is 12.8 Å². The molecule has 0 aromatic rings. The zero-order chi connectivity index (χ0) is 15.0. The molecular formula is C15H22N2O4. The maximum atomic E-state index is 12.2. The Hall–Kier alpha value is -1.59. The minimum atomic E-state index is -0.970. The molecule has 116 valence electrons. The summed E-state index contributed by atoms with van der Waals surface area (Å²) in [6.45, 7) is 0.451. The molecule has 3 aliphatic rings. The van der Waals surface area contributed by atoms with Crippen LogP contribution in [0.25, 0.3) is 0 Å². The molecule has 2 saturated carbocycles. The van der Waals surface area contributed by atoms with Gasteiger partial charge in [-0.3, -0.25) is 9.59 Å². The highest BCUT2D eigenvalue weighted by molar-refractivity contribution is 5.91. The highest BCUT2D eigenvalue weighted by atomic mass is 16.4. The molecule has 0 bridgehead atoms. The molecule has 6 nitrogen and oxygen atoms in total. The van der Waals surface area contributed by atoms with Gasteiger partial charge in [-0.25, -0.2) is 4.79 Å². The Morgan fingerprint density at radius 3 is 2.43 bits per heavy atom. The fourth-order valence-electron chi connectivity index (χ4n) is 3.56. The first kappa shape index (κ1) is 14.4. The minimum Gasteiger partial charge on any atom is -0.480 e. The van der Waals surface area contributed by atoms with Crippen LogP contribution in [0.15, 0.2) is 0 Å². The summed E-state index contributed by atoms with van der Waals surface area (Å²) in [5.74, 6) is -1.53. The van der Waals surface area contributed by atoms with Crippen LogP contribution in [0.4, 0.5) is 0 Å². The van der Waals surface area contributed by atoms with Crippen molar-refractivity contribution in [3.8, 4) is 0 Å². The number of aliphatic carboxylic acids is 1. The SMILES string of the molecule is O=C(NC(C(=O)O)C1CC1)C1CC(=O)N(C2CCCC2)C1. The first-order chi connectivity index (χ1) is 10.1. The number of nitrogens with zero attached hydrogens (tertiary/aromatic N) is 1. The number of carboxylic acids is 1. The summed E-state index contributed by atoms with van der Waals surface area (Å²) in [5, 5.41) is 11.8. The molecule has 1 saturated heterocycles. The summed E-state index contributed by atoms with van der Waals surface area (Å²) < 4.78 is 0. The van der Waals surface area contributed by atoms with E-state index in [2.05, 4.69) is 5.32 Å². The minimum absolute atomic E-state index is 0.0420. The number of carboxylic acid groups (broad SMARTS) is 1.